The quantitative estimate of drug-likeness (QED) is 0.944. The lowest BCUT2D eigenvalue weighted by molar-refractivity contribution is 0.0989. The first kappa shape index (κ1) is 14.5. The Kier molecular flexibility index (Phi) is 4.37. The summed E-state index contributed by atoms with van der Waals surface area (Å²) in [6.07, 6.45) is 0. The van der Waals surface area contributed by atoms with Gasteiger partial charge in [0.15, 0.2) is 0 Å². The Hall–Kier alpha value is -1.91. The highest BCUT2D eigenvalue weighted by molar-refractivity contribution is 6.31. The van der Waals surface area contributed by atoms with Gasteiger partial charge in [0, 0.05) is 24.3 Å². The Morgan fingerprint density at radius 2 is 1.90 bits per heavy atom. The van der Waals surface area contributed by atoms with E-state index in [9.17, 15) is 9.18 Å². The van der Waals surface area contributed by atoms with Crippen molar-refractivity contribution in [3.05, 3.63) is 64.4 Å². The minimum Gasteiger partial charge on any atom is -0.326 e. The molecule has 1 amide bonds. The number of nitrogens with two attached hydrogens (primary N) is 1. The van der Waals surface area contributed by atoms with Crippen molar-refractivity contribution in [3.8, 4) is 0 Å². The van der Waals surface area contributed by atoms with Crippen LogP contribution in [0.4, 0.5) is 10.1 Å². The number of halogens is 2. The maximum atomic E-state index is 13.7. The smallest absolute Gasteiger partial charge is 0.261 e. The summed E-state index contributed by atoms with van der Waals surface area (Å²) in [5.74, 6) is -1.05. The molecule has 0 heterocycles. The maximum absolute atomic E-state index is 13.7. The van der Waals surface area contributed by atoms with Crippen LogP contribution in [0.1, 0.15) is 15.9 Å². The van der Waals surface area contributed by atoms with Gasteiger partial charge in [0.2, 0.25) is 0 Å². The maximum Gasteiger partial charge on any atom is 0.261 e. The van der Waals surface area contributed by atoms with Gasteiger partial charge in [-0.2, -0.15) is 0 Å². The lowest BCUT2D eigenvalue weighted by Gasteiger charge is -2.18. The van der Waals surface area contributed by atoms with Gasteiger partial charge in [-0.05, 0) is 35.9 Å². The summed E-state index contributed by atoms with van der Waals surface area (Å²) in [6.45, 7) is 0.431. The van der Waals surface area contributed by atoms with E-state index in [4.69, 9.17) is 17.3 Å². The zero-order chi connectivity index (χ0) is 14.7. The molecule has 104 valence electrons. The fourth-order valence-corrected chi connectivity index (χ4v) is 1.99. The highest BCUT2D eigenvalue weighted by Crippen LogP contribution is 2.20. The summed E-state index contributed by atoms with van der Waals surface area (Å²) in [4.78, 5) is 13.6. The van der Waals surface area contributed by atoms with E-state index < -0.39 is 11.7 Å². The standard InChI is InChI=1S/C15H14ClFN2O/c1-19(12-5-2-10(9-18)3-6-12)15(20)13-8-11(16)4-7-14(13)17/h2-8H,9,18H2,1H3. The first-order valence-electron chi connectivity index (χ1n) is 6.05. The van der Waals surface area contributed by atoms with Crippen molar-refractivity contribution in [3.63, 3.8) is 0 Å². The van der Waals surface area contributed by atoms with Crippen LogP contribution in [0.15, 0.2) is 42.5 Å². The van der Waals surface area contributed by atoms with E-state index in [0.29, 0.717) is 17.3 Å². The van der Waals surface area contributed by atoms with Gasteiger partial charge in [0.25, 0.3) is 5.91 Å². The molecule has 0 spiro atoms. The van der Waals surface area contributed by atoms with E-state index in [1.807, 2.05) is 12.1 Å². The molecule has 5 heteroatoms. The zero-order valence-corrected chi connectivity index (χ0v) is 11.7. The molecule has 2 aromatic carbocycles. The molecular weight excluding hydrogens is 279 g/mol. The Labute approximate surface area is 121 Å². The van der Waals surface area contributed by atoms with Crippen LogP contribution in [0, 0.1) is 5.82 Å². The molecule has 0 aliphatic carbocycles. The van der Waals surface area contributed by atoms with Crippen molar-refractivity contribution < 1.29 is 9.18 Å². The van der Waals surface area contributed by atoms with E-state index in [2.05, 4.69) is 0 Å². The van der Waals surface area contributed by atoms with Crippen LogP contribution in [-0.2, 0) is 6.54 Å². The predicted molar refractivity (Wildman–Crippen MR) is 78.5 cm³/mol. The second-order valence-electron chi connectivity index (χ2n) is 4.36. The molecule has 0 aromatic heterocycles. The molecule has 0 fully saturated rings. The molecule has 2 aromatic rings. The van der Waals surface area contributed by atoms with Crippen LogP contribution in [0.25, 0.3) is 0 Å². The zero-order valence-electron chi connectivity index (χ0n) is 10.9. The van der Waals surface area contributed by atoms with Gasteiger partial charge >= 0.3 is 0 Å². The number of benzene rings is 2. The number of carbonyl (C=O) groups excluding carboxylic acids is 1. The number of carbonyl (C=O) groups is 1. The number of anilines is 1. The third-order valence-corrected chi connectivity index (χ3v) is 3.26. The molecular formula is C15H14ClFN2O. The molecule has 0 saturated carbocycles. The van der Waals surface area contributed by atoms with Gasteiger partial charge < -0.3 is 10.6 Å². The summed E-state index contributed by atoms with van der Waals surface area (Å²) in [5, 5.41) is 0.321. The van der Waals surface area contributed by atoms with Gasteiger partial charge in [0.1, 0.15) is 5.82 Å². The van der Waals surface area contributed by atoms with Crippen LogP contribution in [0.3, 0.4) is 0 Å². The van der Waals surface area contributed by atoms with E-state index in [0.717, 1.165) is 5.56 Å². The Morgan fingerprint density at radius 1 is 1.25 bits per heavy atom. The first-order chi connectivity index (χ1) is 9.52. The Balaban J connectivity index is 2.29. The van der Waals surface area contributed by atoms with Gasteiger partial charge in [-0.15, -0.1) is 0 Å². The van der Waals surface area contributed by atoms with Crippen molar-refractivity contribution in [1.29, 1.82) is 0 Å². The summed E-state index contributed by atoms with van der Waals surface area (Å²) >= 11 is 5.80. The lowest BCUT2D eigenvalue weighted by atomic mass is 10.1. The van der Waals surface area contributed by atoms with E-state index in [-0.39, 0.29) is 5.56 Å². The van der Waals surface area contributed by atoms with Crippen LogP contribution in [0.5, 0.6) is 0 Å². The number of amides is 1. The second-order valence-corrected chi connectivity index (χ2v) is 4.80. The molecule has 2 N–H and O–H groups in total. The highest BCUT2D eigenvalue weighted by atomic mass is 35.5. The van der Waals surface area contributed by atoms with Crippen LogP contribution >= 0.6 is 11.6 Å². The molecule has 0 bridgehead atoms. The SMILES string of the molecule is CN(C(=O)c1cc(Cl)ccc1F)c1ccc(CN)cc1. The topological polar surface area (TPSA) is 46.3 Å². The summed E-state index contributed by atoms with van der Waals surface area (Å²) < 4.78 is 13.7. The molecule has 3 nitrogen and oxygen atoms in total. The summed E-state index contributed by atoms with van der Waals surface area (Å²) in [7, 11) is 1.58. The van der Waals surface area contributed by atoms with Crippen molar-refractivity contribution in [2.45, 2.75) is 6.54 Å². The fraction of sp³-hybridized carbons (Fsp3) is 0.133. The van der Waals surface area contributed by atoms with Gasteiger partial charge in [-0.3, -0.25) is 4.79 Å². The fourth-order valence-electron chi connectivity index (χ4n) is 1.81. The van der Waals surface area contributed by atoms with E-state index in [1.54, 1.807) is 19.2 Å². The largest absolute Gasteiger partial charge is 0.326 e. The summed E-state index contributed by atoms with van der Waals surface area (Å²) in [5.41, 5.74) is 7.09. The molecule has 20 heavy (non-hydrogen) atoms. The average Bonchev–Trinajstić information content (AvgIpc) is 2.48. The third-order valence-electron chi connectivity index (χ3n) is 3.02. The predicted octanol–water partition coefficient (Wildman–Crippen LogP) is 3.21. The molecule has 0 aliphatic rings. The first-order valence-corrected chi connectivity index (χ1v) is 6.43. The Morgan fingerprint density at radius 3 is 2.50 bits per heavy atom. The molecule has 0 saturated heterocycles. The summed E-state index contributed by atoms with van der Waals surface area (Å²) in [6, 6.07) is 11.1. The van der Waals surface area contributed by atoms with Crippen molar-refractivity contribution in [1.82, 2.24) is 0 Å². The third kappa shape index (κ3) is 2.98. The van der Waals surface area contributed by atoms with Crippen LogP contribution < -0.4 is 10.6 Å². The van der Waals surface area contributed by atoms with Crippen molar-refractivity contribution >= 4 is 23.2 Å². The minimum atomic E-state index is -0.593. The number of rotatable bonds is 3. The van der Waals surface area contributed by atoms with Gasteiger partial charge in [-0.25, -0.2) is 4.39 Å². The molecule has 0 unspecified atom stereocenters. The normalized spacial score (nSPS) is 10.4. The lowest BCUT2D eigenvalue weighted by Crippen LogP contribution is -2.27. The second kappa shape index (κ2) is 6.03. The van der Waals surface area contributed by atoms with Gasteiger partial charge in [-0.1, -0.05) is 23.7 Å². The molecule has 0 aliphatic heterocycles. The minimum absolute atomic E-state index is 0.0529. The molecule has 2 rings (SSSR count). The molecule has 0 atom stereocenters. The monoisotopic (exact) mass is 292 g/mol. The van der Waals surface area contributed by atoms with Crippen LogP contribution in [-0.4, -0.2) is 13.0 Å². The molecule has 0 radical (unpaired) electrons. The Bertz CT molecular complexity index is 628. The van der Waals surface area contributed by atoms with Crippen molar-refractivity contribution in [2.24, 2.45) is 5.73 Å². The number of hydrogen-bond donors (Lipinski definition) is 1. The van der Waals surface area contributed by atoms with Gasteiger partial charge in [0.05, 0.1) is 5.56 Å². The van der Waals surface area contributed by atoms with E-state index in [1.165, 1.54) is 23.1 Å². The van der Waals surface area contributed by atoms with Crippen LogP contribution in [0.2, 0.25) is 5.02 Å². The average molecular weight is 293 g/mol. The number of nitrogens with zero attached hydrogens (tertiary/aromatic N) is 1. The number of hydrogen-bond acceptors (Lipinski definition) is 2. The highest BCUT2D eigenvalue weighted by Gasteiger charge is 2.17. The van der Waals surface area contributed by atoms with Crippen molar-refractivity contribution in [2.75, 3.05) is 11.9 Å². The van der Waals surface area contributed by atoms with E-state index >= 15 is 0 Å².